The Morgan fingerprint density at radius 3 is 2.58 bits per heavy atom. The van der Waals surface area contributed by atoms with Crippen molar-refractivity contribution in [1.82, 2.24) is 5.32 Å². The van der Waals surface area contributed by atoms with Gasteiger partial charge in [-0.2, -0.15) is 0 Å². The summed E-state index contributed by atoms with van der Waals surface area (Å²) in [5.41, 5.74) is 1.02. The molecule has 0 aliphatic heterocycles. The molecule has 0 aromatic heterocycles. The van der Waals surface area contributed by atoms with E-state index < -0.39 is 9.84 Å². The average Bonchev–Trinajstić information content (AvgIpc) is 3.26. The standard InChI is InChI=1S/C20H29NO3S.ClH/c1-12(13-7-8-19(24-2)20(11-13)25(3,22)23)21-18-10-14-9-17(18)16-6-4-5-15(14)16;/h7-8,11-12,14-18,21H,4-6,9-10H2,1-3H3;1H/t12?,14?,15-,16-,17?,18-;/m1./s1. The third-order valence-corrected chi connectivity index (χ3v) is 8.10. The van der Waals surface area contributed by atoms with E-state index in [-0.39, 0.29) is 23.3 Å². The molecular formula is C20H30ClNO3S. The van der Waals surface area contributed by atoms with Crippen molar-refractivity contribution in [2.24, 2.45) is 23.7 Å². The molecule has 6 heteroatoms. The molecule has 146 valence electrons. The third-order valence-electron chi connectivity index (χ3n) is 6.98. The van der Waals surface area contributed by atoms with Crippen LogP contribution in [0.5, 0.6) is 5.75 Å². The Hall–Kier alpha value is -0.780. The summed E-state index contributed by atoms with van der Waals surface area (Å²) in [7, 11) is -1.79. The summed E-state index contributed by atoms with van der Waals surface area (Å²) in [5.74, 6) is 4.10. The molecule has 6 atom stereocenters. The molecule has 0 spiro atoms. The molecule has 0 heterocycles. The van der Waals surface area contributed by atoms with Crippen LogP contribution in [0.25, 0.3) is 0 Å². The van der Waals surface area contributed by atoms with Gasteiger partial charge in [-0.25, -0.2) is 8.42 Å². The summed E-state index contributed by atoms with van der Waals surface area (Å²) < 4.78 is 29.3. The molecule has 3 saturated carbocycles. The SMILES string of the molecule is COc1ccc(C(C)N[C@@H]2CC3CC2[C@@H]2CCC[C@H]32)cc1S(C)(=O)=O.Cl. The molecule has 2 bridgehead atoms. The van der Waals surface area contributed by atoms with Crippen LogP contribution in [0.3, 0.4) is 0 Å². The van der Waals surface area contributed by atoms with Crippen LogP contribution in [-0.2, 0) is 9.84 Å². The number of ether oxygens (including phenoxy) is 1. The van der Waals surface area contributed by atoms with Crippen molar-refractivity contribution in [1.29, 1.82) is 0 Å². The number of benzene rings is 1. The van der Waals surface area contributed by atoms with Crippen molar-refractivity contribution in [2.75, 3.05) is 13.4 Å². The molecule has 0 radical (unpaired) electrons. The zero-order valence-electron chi connectivity index (χ0n) is 15.8. The first-order chi connectivity index (χ1) is 11.9. The lowest BCUT2D eigenvalue weighted by Crippen LogP contribution is -2.40. The Bertz CT molecular complexity index is 766. The maximum absolute atomic E-state index is 12.1. The van der Waals surface area contributed by atoms with Crippen molar-refractivity contribution in [3.63, 3.8) is 0 Å². The fraction of sp³-hybridized carbons (Fsp3) is 0.700. The summed E-state index contributed by atoms with van der Waals surface area (Å²) >= 11 is 0. The van der Waals surface area contributed by atoms with Gasteiger partial charge in [0.15, 0.2) is 9.84 Å². The Balaban J connectivity index is 0.00000196. The smallest absolute Gasteiger partial charge is 0.179 e. The van der Waals surface area contributed by atoms with E-state index >= 15 is 0 Å². The lowest BCUT2D eigenvalue weighted by atomic mass is 9.79. The van der Waals surface area contributed by atoms with Gasteiger partial charge >= 0.3 is 0 Å². The van der Waals surface area contributed by atoms with Crippen molar-refractivity contribution < 1.29 is 13.2 Å². The van der Waals surface area contributed by atoms with Crippen LogP contribution in [0, 0.1) is 23.7 Å². The van der Waals surface area contributed by atoms with Crippen LogP contribution in [0.1, 0.15) is 50.6 Å². The summed E-state index contributed by atoms with van der Waals surface area (Å²) in [6.45, 7) is 2.14. The molecule has 4 nitrogen and oxygen atoms in total. The van der Waals surface area contributed by atoms with Gasteiger partial charge in [0, 0.05) is 18.3 Å². The van der Waals surface area contributed by atoms with Crippen LogP contribution in [0.15, 0.2) is 23.1 Å². The Morgan fingerprint density at radius 1 is 1.15 bits per heavy atom. The van der Waals surface area contributed by atoms with Gasteiger partial charge in [-0.15, -0.1) is 12.4 Å². The highest BCUT2D eigenvalue weighted by atomic mass is 35.5. The molecule has 1 N–H and O–H groups in total. The first kappa shape index (κ1) is 20.0. The van der Waals surface area contributed by atoms with Gasteiger partial charge in [0.25, 0.3) is 0 Å². The fourth-order valence-corrected chi connectivity index (χ4v) is 6.80. The third kappa shape index (κ3) is 3.38. The van der Waals surface area contributed by atoms with Crippen molar-refractivity contribution >= 4 is 22.2 Å². The highest BCUT2D eigenvalue weighted by molar-refractivity contribution is 7.90. The van der Waals surface area contributed by atoms with Gasteiger partial charge < -0.3 is 10.1 Å². The lowest BCUT2D eigenvalue weighted by molar-refractivity contribution is 0.200. The number of nitrogens with one attached hydrogen (secondary N) is 1. The Morgan fingerprint density at radius 2 is 1.88 bits per heavy atom. The van der Waals surface area contributed by atoms with E-state index in [9.17, 15) is 8.42 Å². The normalized spacial score (nSPS) is 33.6. The van der Waals surface area contributed by atoms with Crippen molar-refractivity contribution in [3.8, 4) is 5.75 Å². The molecule has 26 heavy (non-hydrogen) atoms. The first-order valence-electron chi connectivity index (χ1n) is 9.52. The summed E-state index contributed by atoms with van der Waals surface area (Å²) in [5, 5.41) is 3.82. The van der Waals surface area contributed by atoms with E-state index in [0.29, 0.717) is 11.8 Å². The molecular weight excluding hydrogens is 370 g/mol. The topological polar surface area (TPSA) is 55.4 Å². The Labute approximate surface area is 163 Å². The molecule has 4 rings (SSSR count). The van der Waals surface area contributed by atoms with Crippen molar-refractivity contribution in [2.45, 2.75) is 56.0 Å². The van der Waals surface area contributed by atoms with Crippen LogP contribution in [0.2, 0.25) is 0 Å². The molecule has 3 aliphatic rings. The maximum atomic E-state index is 12.1. The fourth-order valence-electron chi connectivity index (χ4n) is 5.93. The number of hydrogen-bond donors (Lipinski definition) is 1. The minimum absolute atomic E-state index is 0. The number of halogens is 1. The minimum atomic E-state index is -3.30. The summed E-state index contributed by atoms with van der Waals surface area (Å²) in [6.07, 6.45) is 8.22. The monoisotopic (exact) mass is 399 g/mol. The number of rotatable bonds is 5. The van der Waals surface area contributed by atoms with Gasteiger partial charge in [-0.05, 0) is 74.0 Å². The van der Waals surface area contributed by atoms with E-state index in [2.05, 4.69) is 12.2 Å². The maximum Gasteiger partial charge on any atom is 0.179 e. The second-order valence-electron chi connectivity index (χ2n) is 8.33. The Kier molecular flexibility index (Phi) is 5.63. The van der Waals surface area contributed by atoms with Crippen LogP contribution in [0.4, 0.5) is 0 Å². The van der Waals surface area contributed by atoms with E-state index in [1.54, 1.807) is 12.1 Å². The van der Waals surface area contributed by atoms with E-state index in [0.717, 1.165) is 29.2 Å². The van der Waals surface area contributed by atoms with E-state index in [1.165, 1.54) is 45.5 Å². The van der Waals surface area contributed by atoms with E-state index in [4.69, 9.17) is 4.74 Å². The first-order valence-corrected chi connectivity index (χ1v) is 11.4. The predicted molar refractivity (Wildman–Crippen MR) is 106 cm³/mol. The van der Waals surface area contributed by atoms with Crippen molar-refractivity contribution in [3.05, 3.63) is 23.8 Å². The second kappa shape index (κ2) is 7.33. The number of hydrogen-bond acceptors (Lipinski definition) is 4. The van der Waals surface area contributed by atoms with Crippen LogP contribution in [-0.4, -0.2) is 27.8 Å². The van der Waals surface area contributed by atoms with Gasteiger partial charge in [-0.3, -0.25) is 0 Å². The summed E-state index contributed by atoms with van der Waals surface area (Å²) in [6, 6.07) is 6.27. The second-order valence-corrected chi connectivity index (χ2v) is 10.3. The number of methoxy groups -OCH3 is 1. The molecule has 3 unspecified atom stereocenters. The number of fused-ring (bicyclic) bond motifs is 5. The van der Waals surface area contributed by atoms with Gasteiger partial charge in [-0.1, -0.05) is 12.5 Å². The van der Waals surface area contributed by atoms with E-state index in [1.807, 2.05) is 6.07 Å². The van der Waals surface area contributed by atoms with Gasteiger partial charge in [0.1, 0.15) is 10.6 Å². The van der Waals surface area contributed by atoms with Crippen LogP contribution < -0.4 is 10.1 Å². The molecule has 3 aliphatic carbocycles. The average molecular weight is 400 g/mol. The summed E-state index contributed by atoms with van der Waals surface area (Å²) in [4.78, 5) is 0.282. The largest absolute Gasteiger partial charge is 0.495 e. The van der Waals surface area contributed by atoms with Crippen LogP contribution >= 0.6 is 12.4 Å². The zero-order valence-corrected chi connectivity index (χ0v) is 17.4. The predicted octanol–water partition coefficient (Wildman–Crippen LogP) is 4.00. The zero-order chi connectivity index (χ0) is 17.8. The molecule has 3 fully saturated rings. The highest BCUT2D eigenvalue weighted by Crippen LogP contribution is 2.58. The molecule has 0 amide bonds. The quantitative estimate of drug-likeness (QED) is 0.813. The molecule has 1 aromatic rings. The molecule has 1 aromatic carbocycles. The highest BCUT2D eigenvalue weighted by Gasteiger charge is 2.53. The minimum Gasteiger partial charge on any atom is -0.495 e. The lowest BCUT2D eigenvalue weighted by Gasteiger charge is -2.34. The van der Waals surface area contributed by atoms with Gasteiger partial charge in [0.2, 0.25) is 0 Å². The number of sulfone groups is 1. The molecule has 0 saturated heterocycles. The van der Waals surface area contributed by atoms with Gasteiger partial charge in [0.05, 0.1) is 7.11 Å².